The molecule has 11 heteroatoms. The van der Waals surface area contributed by atoms with Crippen LogP contribution in [0.4, 0.5) is 0 Å². The van der Waals surface area contributed by atoms with E-state index in [-0.39, 0.29) is 6.54 Å². The van der Waals surface area contributed by atoms with Gasteiger partial charge in [-0.05, 0) is 43.5 Å². The first kappa shape index (κ1) is 19.7. The van der Waals surface area contributed by atoms with Crippen molar-refractivity contribution in [2.24, 2.45) is 0 Å². The Morgan fingerprint density at radius 3 is 2.21 bits per heavy atom. The molecule has 0 aromatic carbocycles. The Morgan fingerprint density at radius 1 is 1.17 bits per heavy atom. The van der Waals surface area contributed by atoms with Gasteiger partial charge in [0.15, 0.2) is 0 Å². The lowest BCUT2D eigenvalue weighted by Crippen LogP contribution is -2.38. The van der Waals surface area contributed by atoms with Gasteiger partial charge in [0.2, 0.25) is 0 Å². The minimum Gasteiger partial charge on any atom is -0.367 e. The van der Waals surface area contributed by atoms with Crippen LogP contribution in [0.1, 0.15) is 30.7 Å². The molecular formula is C13H22N2O7P2. The van der Waals surface area contributed by atoms with Gasteiger partial charge in [-0.3, -0.25) is 14.1 Å². The fraction of sp³-hybridized carbons (Fsp3) is 0.615. The first-order valence-electron chi connectivity index (χ1n) is 7.50. The maximum Gasteiger partial charge on any atom is 0.369 e. The third kappa shape index (κ3) is 4.31. The molecule has 0 aliphatic carbocycles. The van der Waals surface area contributed by atoms with Gasteiger partial charge in [0, 0.05) is 25.4 Å². The molecule has 5 N–H and O–H groups in total. The van der Waals surface area contributed by atoms with E-state index in [1.807, 2.05) is 17.0 Å². The number of nitrogens with zero attached hydrogens (tertiary/aromatic N) is 2. The summed E-state index contributed by atoms with van der Waals surface area (Å²) in [4.78, 5) is 42.5. The Hall–Kier alpha value is -0.630. The summed E-state index contributed by atoms with van der Waals surface area (Å²) >= 11 is 0. The van der Waals surface area contributed by atoms with E-state index in [0.29, 0.717) is 19.0 Å². The third-order valence-electron chi connectivity index (χ3n) is 4.44. The van der Waals surface area contributed by atoms with E-state index in [4.69, 9.17) is 19.6 Å². The Labute approximate surface area is 139 Å². The lowest BCUT2D eigenvalue weighted by atomic mass is 9.90. The standard InChI is InChI=1S/C13H22N2O7P2/c16-13(23(17,18)19,24(20,21)22)5-9-15-7-3-11(4-8-15)12-2-1-6-14-10-12/h1-2,6,10-11,16H,3-5,7-9H2,(H2,17,18,19)(H2,20,21,22). The van der Waals surface area contributed by atoms with Gasteiger partial charge >= 0.3 is 15.2 Å². The molecule has 0 radical (unpaired) electrons. The summed E-state index contributed by atoms with van der Waals surface area (Å²) in [6, 6.07) is 3.86. The molecule has 1 aliphatic heterocycles. The number of pyridine rings is 1. The molecule has 0 amide bonds. The fourth-order valence-electron chi connectivity index (χ4n) is 2.88. The van der Waals surface area contributed by atoms with Crippen LogP contribution in [0.25, 0.3) is 0 Å². The zero-order valence-electron chi connectivity index (χ0n) is 13.0. The highest BCUT2D eigenvalue weighted by molar-refractivity contribution is 7.72. The topological polar surface area (TPSA) is 151 Å². The van der Waals surface area contributed by atoms with Crippen molar-refractivity contribution in [2.75, 3.05) is 19.6 Å². The Balaban J connectivity index is 1.94. The van der Waals surface area contributed by atoms with Crippen LogP contribution in [0.3, 0.4) is 0 Å². The van der Waals surface area contributed by atoms with E-state index < -0.39 is 26.7 Å². The van der Waals surface area contributed by atoms with Crippen molar-refractivity contribution in [3.05, 3.63) is 30.1 Å². The lowest BCUT2D eigenvalue weighted by Gasteiger charge is -2.35. The summed E-state index contributed by atoms with van der Waals surface area (Å²) in [7, 11) is -10.8. The van der Waals surface area contributed by atoms with Crippen LogP contribution in [0.15, 0.2) is 24.5 Å². The number of piperidine rings is 1. The molecule has 2 heterocycles. The zero-order chi connectivity index (χ0) is 18.0. The molecule has 9 nitrogen and oxygen atoms in total. The van der Waals surface area contributed by atoms with E-state index >= 15 is 0 Å². The van der Waals surface area contributed by atoms with Crippen molar-refractivity contribution in [3.63, 3.8) is 0 Å². The molecular weight excluding hydrogens is 358 g/mol. The molecule has 1 aromatic rings. The Kier molecular flexibility index (Phi) is 6.00. The average molecular weight is 380 g/mol. The highest BCUT2D eigenvalue weighted by atomic mass is 31.2. The van der Waals surface area contributed by atoms with Gasteiger partial charge < -0.3 is 29.6 Å². The van der Waals surface area contributed by atoms with E-state index in [0.717, 1.165) is 18.4 Å². The zero-order valence-corrected chi connectivity index (χ0v) is 14.8. The van der Waals surface area contributed by atoms with Crippen LogP contribution in [-0.4, -0.2) is 59.3 Å². The minimum atomic E-state index is -5.38. The van der Waals surface area contributed by atoms with Crippen LogP contribution in [0.2, 0.25) is 0 Å². The quantitative estimate of drug-likeness (QED) is 0.448. The van der Waals surface area contributed by atoms with Crippen molar-refractivity contribution >= 4 is 15.2 Å². The van der Waals surface area contributed by atoms with Crippen LogP contribution >= 0.6 is 15.2 Å². The third-order valence-corrected chi connectivity index (χ3v) is 8.32. The molecule has 2 rings (SSSR count). The average Bonchev–Trinajstić information content (AvgIpc) is 2.52. The first-order chi connectivity index (χ1) is 11.0. The van der Waals surface area contributed by atoms with Crippen LogP contribution < -0.4 is 0 Å². The molecule has 0 bridgehead atoms. The number of aromatic nitrogens is 1. The van der Waals surface area contributed by atoms with Crippen molar-refractivity contribution in [1.82, 2.24) is 9.88 Å². The second kappa shape index (κ2) is 7.32. The summed E-state index contributed by atoms with van der Waals surface area (Å²) in [6.45, 7) is 1.21. The minimum absolute atomic E-state index is 0.00746. The largest absolute Gasteiger partial charge is 0.369 e. The van der Waals surface area contributed by atoms with Gasteiger partial charge in [-0.15, -0.1) is 0 Å². The van der Waals surface area contributed by atoms with Gasteiger partial charge in [0.05, 0.1) is 0 Å². The maximum atomic E-state index is 11.3. The Bertz CT molecular complexity index is 615. The van der Waals surface area contributed by atoms with Crippen molar-refractivity contribution in [3.8, 4) is 0 Å². The Morgan fingerprint density at radius 2 is 1.75 bits per heavy atom. The molecule has 1 fully saturated rings. The first-order valence-corrected chi connectivity index (χ1v) is 10.7. The predicted octanol–water partition coefficient (Wildman–Crippen LogP) is 0.653. The lowest BCUT2D eigenvalue weighted by molar-refractivity contribution is 0.102. The maximum absolute atomic E-state index is 11.3. The molecule has 136 valence electrons. The predicted molar refractivity (Wildman–Crippen MR) is 86.3 cm³/mol. The molecule has 0 spiro atoms. The highest BCUT2D eigenvalue weighted by Gasteiger charge is 2.59. The monoisotopic (exact) mass is 380 g/mol. The van der Waals surface area contributed by atoms with Crippen molar-refractivity contribution in [2.45, 2.75) is 30.3 Å². The molecule has 24 heavy (non-hydrogen) atoms. The molecule has 0 atom stereocenters. The van der Waals surface area contributed by atoms with E-state index in [9.17, 15) is 14.2 Å². The van der Waals surface area contributed by atoms with Gasteiger partial charge in [0.25, 0.3) is 5.08 Å². The second-order valence-corrected chi connectivity index (χ2v) is 10.0. The summed E-state index contributed by atoms with van der Waals surface area (Å²) in [5.41, 5.74) is 1.12. The SMILES string of the molecule is O=P(O)(O)C(O)(CCN1CCC(c2cccnc2)CC1)P(=O)(O)O. The van der Waals surface area contributed by atoms with Crippen molar-refractivity contribution in [1.29, 1.82) is 0 Å². The van der Waals surface area contributed by atoms with Gasteiger partial charge in [-0.1, -0.05) is 6.07 Å². The summed E-state index contributed by atoms with van der Waals surface area (Å²) in [6.07, 6.45) is 4.41. The molecule has 1 saturated heterocycles. The number of rotatable bonds is 6. The van der Waals surface area contributed by atoms with Gasteiger partial charge in [-0.2, -0.15) is 0 Å². The molecule has 1 aromatic heterocycles. The normalized spacial score (nSPS) is 18.7. The number of hydrogen-bond donors (Lipinski definition) is 5. The van der Waals surface area contributed by atoms with Gasteiger partial charge in [0.1, 0.15) is 0 Å². The van der Waals surface area contributed by atoms with Crippen LogP contribution in [-0.2, 0) is 9.13 Å². The molecule has 0 unspecified atom stereocenters. The summed E-state index contributed by atoms with van der Waals surface area (Å²) in [5.74, 6) is 0.331. The molecule has 1 aliphatic rings. The second-order valence-electron chi connectivity index (χ2n) is 6.01. The summed E-state index contributed by atoms with van der Waals surface area (Å²) in [5, 5.41) is 6.55. The van der Waals surface area contributed by atoms with E-state index in [1.54, 1.807) is 12.4 Å². The van der Waals surface area contributed by atoms with Crippen LogP contribution in [0, 0.1) is 0 Å². The number of aliphatic hydroxyl groups is 1. The highest BCUT2D eigenvalue weighted by Crippen LogP contribution is 2.68. The van der Waals surface area contributed by atoms with Crippen LogP contribution in [0.5, 0.6) is 0 Å². The van der Waals surface area contributed by atoms with Crippen molar-refractivity contribution < 1.29 is 33.8 Å². The van der Waals surface area contributed by atoms with Gasteiger partial charge in [-0.25, -0.2) is 0 Å². The number of likely N-dealkylation sites (tertiary alicyclic amines) is 1. The molecule has 0 saturated carbocycles. The van der Waals surface area contributed by atoms with E-state index in [1.165, 1.54) is 0 Å². The smallest absolute Gasteiger partial charge is 0.367 e. The van der Waals surface area contributed by atoms with E-state index in [2.05, 4.69) is 4.98 Å². The fourth-order valence-corrected chi connectivity index (χ4v) is 5.02. The number of hydrogen-bond acceptors (Lipinski definition) is 5. The summed E-state index contributed by atoms with van der Waals surface area (Å²) < 4.78 is 22.7.